The van der Waals surface area contributed by atoms with Gasteiger partial charge in [-0.25, -0.2) is 0 Å². The number of rotatable bonds is 44. The number of aliphatic hydroxyl groups excluding tert-OH is 2. The van der Waals surface area contributed by atoms with E-state index in [9.17, 15) is 19.8 Å². The van der Waals surface area contributed by atoms with E-state index in [2.05, 4.69) is 68.6 Å². The van der Waals surface area contributed by atoms with E-state index < -0.39 is 18.2 Å². The van der Waals surface area contributed by atoms with Crippen molar-refractivity contribution in [2.24, 2.45) is 0 Å². The molecule has 0 saturated carbocycles. The predicted octanol–water partition coefficient (Wildman–Crippen LogP) is 14.7. The Morgan fingerprint density at radius 1 is 0.500 bits per heavy atom. The quantitative estimate of drug-likeness (QED) is 0.0323. The highest BCUT2D eigenvalue weighted by Gasteiger charge is 2.24. The molecule has 0 heterocycles. The minimum absolute atomic E-state index is 0.0534. The highest BCUT2D eigenvalue weighted by molar-refractivity contribution is 5.77. The zero-order valence-corrected chi connectivity index (χ0v) is 38.4. The maximum absolute atomic E-state index is 13.2. The molecule has 0 aromatic rings. The fourth-order valence-corrected chi connectivity index (χ4v) is 7.44. The Labute approximate surface area is 359 Å². The summed E-state index contributed by atoms with van der Waals surface area (Å²) in [6.07, 6.45) is 54.5. The lowest BCUT2D eigenvalue weighted by molar-refractivity contribution is -0.151. The molecule has 3 atom stereocenters. The summed E-state index contributed by atoms with van der Waals surface area (Å²) in [4.78, 5) is 26.0. The molecule has 6 nitrogen and oxygen atoms in total. The monoisotopic (exact) mass is 814 g/mol. The SMILES string of the molecule is CCCCC/C=C/C=C/C=C/C=C/CCCCCC(CC(=O)NC(CO)C(O)CCCCCCCCCCCCCCC)OC(=O)CCCCCCCCCCCC. The van der Waals surface area contributed by atoms with Crippen LogP contribution >= 0.6 is 0 Å². The summed E-state index contributed by atoms with van der Waals surface area (Å²) < 4.78 is 5.90. The number of esters is 1. The molecule has 0 aliphatic heterocycles. The van der Waals surface area contributed by atoms with Gasteiger partial charge in [0.1, 0.15) is 6.10 Å². The molecule has 0 saturated heterocycles. The molecular formula is C52H95NO5. The van der Waals surface area contributed by atoms with Crippen molar-refractivity contribution >= 4 is 11.9 Å². The van der Waals surface area contributed by atoms with Crippen LogP contribution < -0.4 is 5.32 Å². The predicted molar refractivity (Wildman–Crippen MR) is 250 cm³/mol. The van der Waals surface area contributed by atoms with Crippen molar-refractivity contribution in [2.75, 3.05) is 6.61 Å². The summed E-state index contributed by atoms with van der Waals surface area (Å²) in [7, 11) is 0. The molecule has 0 rings (SSSR count). The maximum Gasteiger partial charge on any atom is 0.306 e. The van der Waals surface area contributed by atoms with E-state index in [4.69, 9.17) is 4.74 Å². The molecule has 3 unspecified atom stereocenters. The average Bonchev–Trinajstić information content (AvgIpc) is 3.22. The molecule has 0 radical (unpaired) electrons. The van der Waals surface area contributed by atoms with Gasteiger partial charge < -0.3 is 20.3 Å². The molecule has 338 valence electrons. The van der Waals surface area contributed by atoms with Gasteiger partial charge in [0, 0.05) is 6.42 Å². The number of carbonyl (C=O) groups is 2. The Morgan fingerprint density at radius 3 is 1.36 bits per heavy atom. The van der Waals surface area contributed by atoms with Gasteiger partial charge in [0.15, 0.2) is 0 Å². The molecule has 0 fully saturated rings. The summed E-state index contributed by atoms with van der Waals surface area (Å²) in [5, 5.41) is 23.7. The fraction of sp³-hybridized carbons (Fsp3) is 0.808. The van der Waals surface area contributed by atoms with E-state index in [0.717, 1.165) is 70.6 Å². The van der Waals surface area contributed by atoms with Gasteiger partial charge >= 0.3 is 5.97 Å². The zero-order chi connectivity index (χ0) is 42.4. The van der Waals surface area contributed by atoms with Crippen LogP contribution in [-0.4, -0.2) is 46.9 Å². The zero-order valence-electron chi connectivity index (χ0n) is 38.4. The summed E-state index contributed by atoms with van der Waals surface area (Å²) in [6, 6.07) is -0.712. The highest BCUT2D eigenvalue weighted by atomic mass is 16.5. The molecule has 0 spiro atoms. The van der Waals surface area contributed by atoms with Gasteiger partial charge in [-0.15, -0.1) is 0 Å². The third-order valence-electron chi connectivity index (χ3n) is 11.3. The number of unbranched alkanes of at least 4 members (excludes halogenated alkanes) is 27. The molecule has 0 aromatic heterocycles. The van der Waals surface area contributed by atoms with Crippen LogP contribution in [-0.2, 0) is 14.3 Å². The summed E-state index contributed by atoms with van der Waals surface area (Å²) in [6.45, 7) is 6.42. The van der Waals surface area contributed by atoms with Crippen LogP contribution in [0.5, 0.6) is 0 Å². The first-order chi connectivity index (χ1) is 28.5. The van der Waals surface area contributed by atoms with E-state index in [1.807, 2.05) is 6.08 Å². The van der Waals surface area contributed by atoms with Gasteiger partial charge in [-0.05, 0) is 51.4 Å². The van der Waals surface area contributed by atoms with Crippen LogP contribution in [0.15, 0.2) is 48.6 Å². The Balaban J connectivity index is 4.65. The van der Waals surface area contributed by atoms with Crippen LogP contribution in [0.3, 0.4) is 0 Å². The number of hydrogen-bond acceptors (Lipinski definition) is 5. The smallest absolute Gasteiger partial charge is 0.306 e. The molecule has 0 aliphatic rings. The first kappa shape index (κ1) is 55.8. The van der Waals surface area contributed by atoms with E-state index in [1.165, 1.54) is 128 Å². The largest absolute Gasteiger partial charge is 0.462 e. The summed E-state index contributed by atoms with van der Waals surface area (Å²) in [5.74, 6) is -0.509. The second-order valence-electron chi connectivity index (χ2n) is 17.0. The van der Waals surface area contributed by atoms with Crippen LogP contribution in [0.25, 0.3) is 0 Å². The van der Waals surface area contributed by atoms with E-state index in [-0.39, 0.29) is 24.9 Å². The minimum atomic E-state index is -0.796. The van der Waals surface area contributed by atoms with E-state index in [1.54, 1.807) is 0 Å². The third kappa shape index (κ3) is 40.6. The highest BCUT2D eigenvalue weighted by Crippen LogP contribution is 2.17. The summed E-state index contributed by atoms with van der Waals surface area (Å²) in [5.41, 5.74) is 0. The van der Waals surface area contributed by atoms with Gasteiger partial charge in [-0.2, -0.15) is 0 Å². The van der Waals surface area contributed by atoms with Crippen molar-refractivity contribution in [1.29, 1.82) is 0 Å². The van der Waals surface area contributed by atoms with Crippen LogP contribution in [0.2, 0.25) is 0 Å². The second-order valence-corrected chi connectivity index (χ2v) is 17.0. The summed E-state index contributed by atoms with van der Waals surface area (Å²) >= 11 is 0. The van der Waals surface area contributed by atoms with Crippen molar-refractivity contribution in [3.63, 3.8) is 0 Å². The molecule has 0 bridgehead atoms. The Morgan fingerprint density at radius 2 is 0.879 bits per heavy atom. The normalized spacial score (nSPS) is 13.7. The lowest BCUT2D eigenvalue weighted by Gasteiger charge is -2.24. The first-order valence-corrected chi connectivity index (χ1v) is 24.9. The topological polar surface area (TPSA) is 95.9 Å². The Bertz CT molecular complexity index is 1000. The number of allylic oxidation sites excluding steroid dienone is 8. The lowest BCUT2D eigenvalue weighted by atomic mass is 10.0. The van der Waals surface area contributed by atoms with Crippen LogP contribution in [0.1, 0.15) is 245 Å². The average molecular weight is 814 g/mol. The number of amides is 1. The van der Waals surface area contributed by atoms with Gasteiger partial charge in [-0.1, -0.05) is 230 Å². The molecular weight excluding hydrogens is 719 g/mol. The van der Waals surface area contributed by atoms with Crippen molar-refractivity contribution < 1.29 is 24.5 Å². The number of ether oxygens (including phenoxy) is 1. The van der Waals surface area contributed by atoms with Gasteiger partial charge in [0.05, 0.1) is 25.2 Å². The molecule has 0 aliphatic carbocycles. The Kier molecular flexibility index (Phi) is 44.2. The molecule has 1 amide bonds. The molecule has 0 aromatic carbocycles. The first-order valence-electron chi connectivity index (χ1n) is 24.9. The number of aliphatic hydroxyl groups is 2. The van der Waals surface area contributed by atoms with Crippen molar-refractivity contribution in [2.45, 2.75) is 264 Å². The standard InChI is InChI=1S/C52H95NO5/c1-4-7-10-13-16-19-22-24-25-26-28-29-31-34-37-40-43-48(58-52(57)45-42-39-36-33-21-18-15-12-9-6-3)46-51(56)53-49(47-54)50(55)44-41-38-35-32-30-27-23-20-17-14-11-8-5-2/h16,19,22,24-26,28-29,48-50,54-55H,4-15,17-18,20-21,23,27,30-47H2,1-3H3,(H,53,56)/b19-16+,24-22+,26-25+,29-28+. The van der Waals surface area contributed by atoms with Crippen molar-refractivity contribution in [1.82, 2.24) is 5.32 Å². The van der Waals surface area contributed by atoms with E-state index >= 15 is 0 Å². The molecule has 58 heavy (non-hydrogen) atoms. The van der Waals surface area contributed by atoms with Gasteiger partial charge in [0.2, 0.25) is 5.91 Å². The second kappa shape index (κ2) is 45.9. The van der Waals surface area contributed by atoms with Crippen LogP contribution in [0, 0.1) is 0 Å². The lowest BCUT2D eigenvalue weighted by Crippen LogP contribution is -2.46. The number of nitrogens with one attached hydrogen (secondary N) is 1. The fourth-order valence-electron chi connectivity index (χ4n) is 7.44. The minimum Gasteiger partial charge on any atom is -0.462 e. The Hall–Kier alpha value is -2.18. The van der Waals surface area contributed by atoms with Gasteiger partial charge in [0.25, 0.3) is 0 Å². The van der Waals surface area contributed by atoms with Crippen molar-refractivity contribution in [3.05, 3.63) is 48.6 Å². The number of carbonyl (C=O) groups excluding carboxylic acids is 2. The molecule has 3 N–H and O–H groups in total. The van der Waals surface area contributed by atoms with Crippen molar-refractivity contribution in [3.8, 4) is 0 Å². The van der Waals surface area contributed by atoms with Gasteiger partial charge in [-0.3, -0.25) is 9.59 Å². The maximum atomic E-state index is 13.2. The van der Waals surface area contributed by atoms with E-state index in [0.29, 0.717) is 19.3 Å². The molecule has 6 heteroatoms. The van der Waals surface area contributed by atoms with Crippen LogP contribution in [0.4, 0.5) is 0 Å². The number of hydrogen-bond donors (Lipinski definition) is 3. The third-order valence-corrected chi connectivity index (χ3v) is 11.3.